The smallest absolute Gasteiger partial charge is 0.310 e. The lowest BCUT2D eigenvalue weighted by Gasteiger charge is -2.19. The number of hydrogen-bond donors (Lipinski definition) is 2. The quantitative estimate of drug-likeness (QED) is 0.194. The van der Waals surface area contributed by atoms with Gasteiger partial charge in [0.2, 0.25) is 0 Å². The van der Waals surface area contributed by atoms with E-state index < -0.39 is 11.9 Å². The summed E-state index contributed by atoms with van der Waals surface area (Å²) >= 11 is 12.4. The van der Waals surface area contributed by atoms with Crippen molar-refractivity contribution < 1.29 is 18.7 Å². The molecule has 3 N–H and O–H groups in total. The van der Waals surface area contributed by atoms with Gasteiger partial charge in [0.25, 0.3) is 0 Å². The highest BCUT2D eigenvalue weighted by molar-refractivity contribution is 6.36. The molecule has 2 aromatic heterocycles. The molecule has 2 heterocycles. The first-order valence-electron chi connectivity index (χ1n) is 13.2. The van der Waals surface area contributed by atoms with Crippen LogP contribution in [-0.2, 0) is 16.1 Å². The second kappa shape index (κ2) is 13.5. The highest BCUT2D eigenvalue weighted by atomic mass is 35.5. The highest BCUT2D eigenvalue weighted by Gasteiger charge is 2.25. The second-order valence-corrected chi connectivity index (χ2v) is 10.6. The number of nitrogens with two attached hydrogens (primary N) is 1. The van der Waals surface area contributed by atoms with Crippen molar-refractivity contribution >= 4 is 35.0 Å². The minimum Gasteiger partial charge on any atom is -0.482 e. The number of hydrogen-bond acceptors (Lipinski definition) is 7. The van der Waals surface area contributed by atoms with Gasteiger partial charge >= 0.3 is 5.97 Å². The molecule has 4 rings (SSSR count). The molecule has 0 saturated heterocycles. The summed E-state index contributed by atoms with van der Waals surface area (Å²) in [5.74, 6) is -0.384. The van der Waals surface area contributed by atoms with Crippen LogP contribution in [0.3, 0.4) is 0 Å². The predicted molar refractivity (Wildman–Crippen MR) is 150 cm³/mol. The molecule has 210 valence electrons. The van der Waals surface area contributed by atoms with Crippen LogP contribution in [0.4, 0.5) is 10.2 Å². The van der Waals surface area contributed by atoms with Crippen LogP contribution < -0.4 is 15.8 Å². The second-order valence-electron chi connectivity index (χ2n) is 9.86. The van der Waals surface area contributed by atoms with Gasteiger partial charge in [-0.05, 0) is 70.7 Å². The van der Waals surface area contributed by atoms with E-state index in [2.05, 4.69) is 15.4 Å². The number of ether oxygens (including phenoxy) is 2. The van der Waals surface area contributed by atoms with E-state index in [1.54, 1.807) is 25.4 Å². The summed E-state index contributed by atoms with van der Waals surface area (Å²) in [5.41, 5.74) is 7.97. The van der Waals surface area contributed by atoms with Crippen molar-refractivity contribution in [2.24, 2.45) is 5.92 Å². The molecular formula is C28H34Cl2FN5O3. The molecule has 0 bridgehead atoms. The molecule has 11 heteroatoms. The Morgan fingerprint density at radius 2 is 2.03 bits per heavy atom. The summed E-state index contributed by atoms with van der Waals surface area (Å²) in [6, 6.07) is 4.39. The topological polar surface area (TPSA) is 104 Å². The monoisotopic (exact) mass is 577 g/mol. The standard InChI is InChI=1S/C28H34Cl2FN5O3/c1-17(25-22(29)9-10-23(31)26(25)30)38-24-12-19(14-34-27(24)32)20-15-35-36(16-20)11-5-6-18(13-33-2)28(37)39-21-7-3-4-8-21/h9-10,12,14-18,21,33H,3-8,11,13H2,1-2H3,(H2,32,34). The lowest BCUT2D eigenvalue weighted by Crippen LogP contribution is -2.30. The van der Waals surface area contributed by atoms with Gasteiger partial charge in [-0.15, -0.1) is 0 Å². The normalized spacial score (nSPS) is 15.3. The maximum Gasteiger partial charge on any atom is 0.310 e. The summed E-state index contributed by atoms with van der Waals surface area (Å²) in [6.07, 6.45) is 10.3. The van der Waals surface area contributed by atoms with Crippen LogP contribution in [0.2, 0.25) is 10.0 Å². The number of rotatable bonds is 12. The Balaban J connectivity index is 1.38. The fraction of sp³-hybridized carbons (Fsp3) is 0.464. The third kappa shape index (κ3) is 7.41. The number of aryl methyl sites for hydroxylation is 1. The van der Waals surface area contributed by atoms with Crippen LogP contribution in [0.1, 0.15) is 57.1 Å². The highest BCUT2D eigenvalue weighted by Crippen LogP contribution is 2.37. The van der Waals surface area contributed by atoms with Crippen LogP contribution in [0, 0.1) is 11.7 Å². The van der Waals surface area contributed by atoms with E-state index in [9.17, 15) is 9.18 Å². The van der Waals surface area contributed by atoms with E-state index in [0.717, 1.165) is 43.2 Å². The molecule has 0 radical (unpaired) electrons. The van der Waals surface area contributed by atoms with Gasteiger partial charge in [-0.3, -0.25) is 9.48 Å². The summed E-state index contributed by atoms with van der Waals surface area (Å²) in [7, 11) is 1.84. The molecule has 0 aliphatic heterocycles. The van der Waals surface area contributed by atoms with Gasteiger partial charge in [0.1, 0.15) is 18.0 Å². The van der Waals surface area contributed by atoms with Gasteiger partial charge in [0.05, 0.1) is 17.1 Å². The van der Waals surface area contributed by atoms with Gasteiger partial charge in [-0.1, -0.05) is 23.2 Å². The number of nitrogen functional groups attached to an aromatic ring is 1. The molecule has 2 unspecified atom stereocenters. The Kier molecular flexibility index (Phi) is 10.0. The van der Waals surface area contributed by atoms with Crippen molar-refractivity contribution in [1.82, 2.24) is 20.1 Å². The number of carbonyl (C=O) groups excluding carboxylic acids is 1. The largest absolute Gasteiger partial charge is 0.482 e. The molecule has 39 heavy (non-hydrogen) atoms. The van der Waals surface area contributed by atoms with Crippen LogP contribution in [0.5, 0.6) is 5.75 Å². The van der Waals surface area contributed by atoms with Gasteiger partial charge < -0.3 is 20.5 Å². The zero-order chi connectivity index (χ0) is 27.9. The lowest BCUT2D eigenvalue weighted by molar-refractivity contribution is -0.153. The average Bonchev–Trinajstić information content (AvgIpc) is 3.60. The number of esters is 1. The van der Waals surface area contributed by atoms with Crippen molar-refractivity contribution in [2.75, 3.05) is 19.3 Å². The van der Waals surface area contributed by atoms with E-state index in [4.69, 9.17) is 38.4 Å². The third-order valence-corrected chi connectivity index (χ3v) is 7.66. The minimum atomic E-state index is -0.673. The molecule has 1 saturated carbocycles. The minimum absolute atomic E-state index is 0.0683. The van der Waals surface area contributed by atoms with Crippen LogP contribution >= 0.6 is 23.2 Å². The number of anilines is 1. The predicted octanol–water partition coefficient (Wildman–Crippen LogP) is 6.21. The number of benzene rings is 1. The Labute approximate surface area is 238 Å². The summed E-state index contributed by atoms with van der Waals surface area (Å²) in [5, 5.41) is 7.77. The van der Waals surface area contributed by atoms with E-state index in [0.29, 0.717) is 35.8 Å². The van der Waals surface area contributed by atoms with Crippen molar-refractivity contribution in [3.8, 4) is 16.9 Å². The van der Waals surface area contributed by atoms with Crippen LogP contribution in [0.15, 0.2) is 36.8 Å². The van der Waals surface area contributed by atoms with Gasteiger partial charge in [0.15, 0.2) is 11.6 Å². The maximum atomic E-state index is 14.0. The van der Waals surface area contributed by atoms with Gasteiger partial charge in [-0.25, -0.2) is 9.37 Å². The molecule has 2 atom stereocenters. The summed E-state index contributed by atoms with van der Waals surface area (Å²) in [4.78, 5) is 16.9. The first-order chi connectivity index (χ1) is 18.8. The molecule has 1 aliphatic rings. The van der Waals surface area contributed by atoms with Crippen LogP contribution in [0.25, 0.3) is 11.1 Å². The Hall–Kier alpha value is -2.88. The maximum absolute atomic E-state index is 14.0. The molecular weight excluding hydrogens is 544 g/mol. The molecule has 1 aliphatic carbocycles. The van der Waals surface area contributed by atoms with Crippen molar-refractivity contribution in [3.05, 3.63) is 58.2 Å². The number of pyridine rings is 1. The first kappa shape index (κ1) is 29.1. The Morgan fingerprint density at radius 1 is 1.26 bits per heavy atom. The van der Waals surface area contributed by atoms with Crippen molar-refractivity contribution in [2.45, 2.75) is 64.2 Å². The third-order valence-electron chi connectivity index (χ3n) is 6.95. The summed E-state index contributed by atoms with van der Waals surface area (Å²) in [6.45, 7) is 2.94. The average molecular weight is 579 g/mol. The SMILES string of the molecule is CNCC(CCCn1cc(-c2cnc(N)c(OC(C)c3c(Cl)ccc(F)c3Cl)c2)cn1)C(=O)OC1CCCC1. The molecule has 1 fully saturated rings. The fourth-order valence-corrected chi connectivity index (χ4v) is 5.50. The van der Waals surface area contributed by atoms with E-state index in [1.807, 2.05) is 17.9 Å². The first-order valence-corrected chi connectivity index (χ1v) is 14.0. The van der Waals surface area contributed by atoms with E-state index >= 15 is 0 Å². The van der Waals surface area contributed by atoms with Crippen molar-refractivity contribution in [1.29, 1.82) is 0 Å². The molecule has 0 amide bonds. The summed E-state index contributed by atoms with van der Waals surface area (Å²) < 4.78 is 27.6. The Bertz CT molecular complexity index is 1280. The van der Waals surface area contributed by atoms with E-state index in [-0.39, 0.29) is 28.8 Å². The molecule has 8 nitrogen and oxygen atoms in total. The number of halogens is 3. The zero-order valence-electron chi connectivity index (χ0n) is 22.1. The molecule has 0 spiro atoms. The lowest BCUT2D eigenvalue weighted by atomic mass is 10.0. The number of nitrogens with zero attached hydrogens (tertiary/aromatic N) is 3. The number of carbonyl (C=O) groups is 1. The van der Waals surface area contributed by atoms with Gasteiger partial charge in [0, 0.05) is 47.2 Å². The van der Waals surface area contributed by atoms with Crippen molar-refractivity contribution in [3.63, 3.8) is 0 Å². The molecule has 1 aromatic carbocycles. The van der Waals surface area contributed by atoms with E-state index in [1.165, 1.54) is 12.1 Å². The Morgan fingerprint density at radius 3 is 2.77 bits per heavy atom. The number of aromatic nitrogens is 3. The van der Waals surface area contributed by atoms with Gasteiger partial charge in [-0.2, -0.15) is 5.10 Å². The molecule has 3 aromatic rings. The zero-order valence-corrected chi connectivity index (χ0v) is 23.6. The number of nitrogens with one attached hydrogen (secondary N) is 1. The fourth-order valence-electron chi connectivity index (χ4n) is 4.82. The van der Waals surface area contributed by atoms with Crippen LogP contribution in [-0.4, -0.2) is 40.4 Å².